The van der Waals surface area contributed by atoms with E-state index in [0.29, 0.717) is 5.92 Å². The van der Waals surface area contributed by atoms with Crippen molar-refractivity contribution in [2.45, 2.75) is 53.6 Å². The first-order valence-electron chi connectivity index (χ1n) is 6.58. The van der Waals surface area contributed by atoms with E-state index < -0.39 is 0 Å². The quantitative estimate of drug-likeness (QED) is 0.571. The second-order valence-corrected chi connectivity index (χ2v) is 5.86. The predicted octanol–water partition coefficient (Wildman–Crippen LogP) is 4.25. The van der Waals surface area contributed by atoms with Gasteiger partial charge in [0.15, 0.2) is 0 Å². The van der Waals surface area contributed by atoms with Gasteiger partial charge in [-0.3, -0.25) is 0 Å². The number of aliphatic hydroxyl groups is 1. The topological polar surface area (TPSA) is 20.2 Å². The molecule has 0 aromatic carbocycles. The van der Waals surface area contributed by atoms with Gasteiger partial charge in [0.1, 0.15) is 0 Å². The van der Waals surface area contributed by atoms with Crippen LogP contribution in [-0.2, 0) is 0 Å². The number of allylic oxidation sites excluding steroid dienone is 5. The molecular weight excluding hydrogens is 208 g/mol. The minimum Gasteiger partial charge on any atom is -0.389 e. The largest absolute Gasteiger partial charge is 0.389 e. The molecule has 1 aliphatic rings. The fraction of sp³-hybridized carbons (Fsp3) is 0.625. The second kappa shape index (κ2) is 5.68. The minimum atomic E-state index is -0.276. The Morgan fingerprint density at radius 1 is 1.53 bits per heavy atom. The number of hydrogen-bond donors (Lipinski definition) is 1. The van der Waals surface area contributed by atoms with E-state index in [2.05, 4.69) is 52.8 Å². The molecule has 96 valence electrons. The smallest absolute Gasteiger partial charge is 0.0729 e. The molecule has 1 heteroatoms. The van der Waals surface area contributed by atoms with Gasteiger partial charge in [0.05, 0.1) is 6.10 Å². The van der Waals surface area contributed by atoms with Crippen LogP contribution in [0.1, 0.15) is 47.5 Å². The first-order valence-corrected chi connectivity index (χ1v) is 6.58. The highest BCUT2D eigenvalue weighted by atomic mass is 16.3. The SMILES string of the molecule is CC/C=C(C)/C=C/C1C(C)=C[C@@H](O)CC1(C)C. The summed E-state index contributed by atoms with van der Waals surface area (Å²) in [5.74, 6) is 0.436. The fourth-order valence-electron chi connectivity index (χ4n) is 2.80. The Labute approximate surface area is 106 Å². The van der Waals surface area contributed by atoms with Crippen LogP contribution in [0.25, 0.3) is 0 Å². The summed E-state index contributed by atoms with van der Waals surface area (Å²) in [5, 5.41) is 9.78. The molecule has 0 saturated heterocycles. The Bertz CT molecular complexity index is 345. The van der Waals surface area contributed by atoms with Crippen LogP contribution in [0.5, 0.6) is 0 Å². The maximum absolute atomic E-state index is 9.78. The van der Waals surface area contributed by atoms with Crippen molar-refractivity contribution in [2.24, 2.45) is 11.3 Å². The molecule has 0 amide bonds. The summed E-state index contributed by atoms with van der Waals surface area (Å²) in [5.41, 5.74) is 2.75. The van der Waals surface area contributed by atoms with Gasteiger partial charge in [-0.05, 0) is 32.1 Å². The first kappa shape index (κ1) is 14.2. The van der Waals surface area contributed by atoms with Crippen molar-refractivity contribution in [3.8, 4) is 0 Å². The van der Waals surface area contributed by atoms with Gasteiger partial charge in [-0.2, -0.15) is 0 Å². The molecule has 0 spiro atoms. The summed E-state index contributed by atoms with van der Waals surface area (Å²) in [6, 6.07) is 0. The molecule has 1 unspecified atom stereocenters. The molecule has 0 radical (unpaired) electrons. The standard InChI is InChI=1S/C16H26O/c1-6-7-12(2)8-9-15-13(3)10-14(17)11-16(15,4)5/h7-10,14-15,17H,6,11H2,1-5H3/b9-8+,12-7+/t14-,15?/m1/s1. The van der Waals surface area contributed by atoms with E-state index >= 15 is 0 Å². The van der Waals surface area contributed by atoms with Crippen molar-refractivity contribution in [1.29, 1.82) is 0 Å². The number of rotatable bonds is 3. The van der Waals surface area contributed by atoms with Crippen molar-refractivity contribution < 1.29 is 5.11 Å². The zero-order chi connectivity index (χ0) is 13.1. The Morgan fingerprint density at radius 3 is 2.71 bits per heavy atom. The van der Waals surface area contributed by atoms with Crippen LogP contribution >= 0.6 is 0 Å². The van der Waals surface area contributed by atoms with Gasteiger partial charge in [-0.1, -0.05) is 56.2 Å². The minimum absolute atomic E-state index is 0.140. The third-order valence-corrected chi connectivity index (χ3v) is 3.60. The maximum atomic E-state index is 9.78. The summed E-state index contributed by atoms with van der Waals surface area (Å²) in [6.45, 7) is 10.9. The van der Waals surface area contributed by atoms with E-state index in [1.807, 2.05) is 6.08 Å². The van der Waals surface area contributed by atoms with Gasteiger partial charge in [-0.25, -0.2) is 0 Å². The third kappa shape index (κ3) is 3.85. The van der Waals surface area contributed by atoms with Crippen molar-refractivity contribution in [1.82, 2.24) is 0 Å². The van der Waals surface area contributed by atoms with Crippen LogP contribution < -0.4 is 0 Å². The second-order valence-electron chi connectivity index (χ2n) is 5.86. The molecule has 1 N–H and O–H groups in total. The molecule has 1 aliphatic carbocycles. The zero-order valence-corrected chi connectivity index (χ0v) is 11.8. The molecule has 1 rings (SSSR count). The molecule has 2 atom stereocenters. The highest BCUT2D eigenvalue weighted by Gasteiger charge is 2.34. The monoisotopic (exact) mass is 234 g/mol. The summed E-state index contributed by atoms with van der Waals surface area (Å²) in [4.78, 5) is 0. The lowest BCUT2D eigenvalue weighted by molar-refractivity contribution is 0.117. The van der Waals surface area contributed by atoms with Gasteiger partial charge in [0.2, 0.25) is 0 Å². The van der Waals surface area contributed by atoms with Crippen LogP contribution in [0.2, 0.25) is 0 Å². The molecule has 0 aromatic heterocycles. The third-order valence-electron chi connectivity index (χ3n) is 3.60. The van der Waals surface area contributed by atoms with E-state index in [0.717, 1.165) is 12.8 Å². The Hall–Kier alpha value is -0.820. The maximum Gasteiger partial charge on any atom is 0.0729 e. The average molecular weight is 234 g/mol. The summed E-state index contributed by atoms with van der Waals surface area (Å²) in [7, 11) is 0. The lowest BCUT2D eigenvalue weighted by Crippen LogP contribution is -2.32. The first-order chi connectivity index (χ1) is 7.86. The van der Waals surface area contributed by atoms with Crippen molar-refractivity contribution >= 4 is 0 Å². The molecule has 0 fully saturated rings. The van der Waals surface area contributed by atoms with Gasteiger partial charge < -0.3 is 5.11 Å². The highest BCUT2D eigenvalue weighted by Crippen LogP contribution is 2.41. The van der Waals surface area contributed by atoms with Crippen LogP contribution in [0.3, 0.4) is 0 Å². The highest BCUT2D eigenvalue weighted by molar-refractivity contribution is 5.25. The van der Waals surface area contributed by atoms with Crippen molar-refractivity contribution in [2.75, 3.05) is 0 Å². The predicted molar refractivity (Wildman–Crippen MR) is 74.8 cm³/mol. The fourth-order valence-corrected chi connectivity index (χ4v) is 2.80. The molecule has 0 saturated carbocycles. The zero-order valence-electron chi connectivity index (χ0n) is 11.8. The molecule has 17 heavy (non-hydrogen) atoms. The lowest BCUT2D eigenvalue weighted by Gasteiger charge is -2.38. The van der Waals surface area contributed by atoms with E-state index in [1.54, 1.807) is 0 Å². The van der Waals surface area contributed by atoms with Crippen LogP contribution in [0.15, 0.2) is 35.5 Å². The van der Waals surface area contributed by atoms with Crippen LogP contribution in [-0.4, -0.2) is 11.2 Å². The number of aliphatic hydroxyl groups excluding tert-OH is 1. The van der Waals surface area contributed by atoms with Crippen LogP contribution in [0.4, 0.5) is 0 Å². The molecule has 0 aliphatic heterocycles. The summed E-state index contributed by atoms with van der Waals surface area (Å²) >= 11 is 0. The van der Waals surface area contributed by atoms with E-state index in [4.69, 9.17) is 0 Å². The van der Waals surface area contributed by atoms with Gasteiger partial charge in [-0.15, -0.1) is 0 Å². The molecule has 0 aromatic rings. The molecule has 1 nitrogen and oxygen atoms in total. The Morgan fingerprint density at radius 2 is 2.18 bits per heavy atom. The van der Waals surface area contributed by atoms with Gasteiger partial charge in [0, 0.05) is 5.92 Å². The van der Waals surface area contributed by atoms with Crippen molar-refractivity contribution in [3.05, 3.63) is 35.5 Å². The summed E-state index contributed by atoms with van der Waals surface area (Å²) < 4.78 is 0. The lowest BCUT2D eigenvalue weighted by atomic mass is 9.67. The van der Waals surface area contributed by atoms with Gasteiger partial charge >= 0.3 is 0 Å². The van der Waals surface area contributed by atoms with E-state index in [9.17, 15) is 5.11 Å². The van der Waals surface area contributed by atoms with E-state index in [-0.39, 0.29) is 11.5 Å². The molecule has 0 bridgehead atoms. The van der Waals surface area contributed by atoms with Gasteiger partial charge in [0.25, 0.3) is 0 Å². The summed E-state index contributed by atoms with van der Waals surface area (Å²) in [6.07, 6.45) is 10.4. The number of hydrogen-bond acceptors (Lipinski definition) is 1. The average Bonchev–Trinajstić information content (AvgIpc) is 2.14. The van der Waals surface area contributed by atoms with Crippen molar-refractivity contribution in [3.63, 3.8) is 0 Å². The Kier molecular flexibility index (Phi) is 4.76. The van der Waals surface area contributed by atoms with E-state index in [1.165, 1.54) is 11.1 Å². The normalized spacial score (nSPS) is 29.5. The molecule has 0 heterocycles. The Balaban J connectivity index is 2.88. The molecular formula is C16H26O. The van der Waals surface area contributed by atoms with Crippen LogP contribution in [0, 0.1) is 11.3 Å².